The van der Waals surface area contributed by atoms with Gasteiger partial charge in [0, 0.05) is 0 Å². The second-order valence-corrected chi connectivity index (χ2v) is 5.44. The van der Waals surface area contributed by atoms with Gasteiger partial charge in [0.2, 0.25) is 0 Å². The van der Waals surface area contributed by atoms with Gasteiger partial charge in [0.25, 0.3) is 0 Å². The highest BCUT2D eigenvalue weighted by Gasteiger charge is 2.35. The summed E-state index contributed by atoms with van der Waals surface area (Å²) in [5.41, 5.74) is 5.87. The minimum atomic E-state index is -3.11. The van der Waals surface area contributed by atoms with Crippen LogP contribution in [0.1, 0.15) is 34.1 Å². The standard InChI is InChI=1S/C9H22NO3P/c1-5-8(4)9(10)14(11,12-6-2)13-7-3/h8-9H,5-7,10H2,1-4H3/t8-,9+/m1/s1. The Kier molecular flexibility index (Phi) is 6.62. The summed E-state index contributed by atoms with van der Waals surface area (Å²) < 4.78 is 22.5. The fraction of sp³-hybridized carbons (Fsp3) is 1.00. The quantitative estimate of drug-likeness (QED) is 0.674. The summed E-state index contributed by atoms with van der Waals surface area (Å²) in [5, 5.41) is 0. The van der Waals surface area contributed by atoms with Crippen molar-refractivity contribution < 1.29 is 13.6 Å². The first-order valence-electron chi connectivity index (χ1n) is 5.16. The van der Waals surface area contributed by atoms with Gasteiger partial charge in [-0.05, 0) is 19.8 Å². The van der Waals surface area contributed by atoms with E-state index >= 15 is 0 Å². The molecule has 0 aliphatic heterocycles. The fourth-order valence-electron chi connectivity index (χ4n) is 1.12. The molecule has 5 heteroatoms. The van der Waals surface area contributed by atoms with Crippen LogP contribution in [0.2, 0.25) is 0 Å². The van der Waals surface area contributed by atoms with Crippen LogP contribution in [-0.4, -0.2) is 19.0 Å². The molecule has 0 spiro atoms. The molecule has 0 unspecified atom stereocenters. The van der Waals surface area contributed by atoms with E-state index in [1.54, 1.807) is 13.8 Å². The van der Waals surface area contributed by atoms with E-state index in [0.29, 0.717) is 13.2 Å². The average Bonchev–Trinajstić information content (AvgIpc) is 2.16. The van der Waals surface area contributed by atoms with E-state index in [1.165, 1.54) is 0 Å². The molecule has 4 nitrogen and oxygen atoms in total. The lowest BCUT2D eigenvalue weighted by atomic mass is 10.1. The second kappa shape index (κ2) is 6.57. The predicted octanol–water partition coefficient (Wildman–Crippen LogP) is 2.58. The molecular formula is C9H22NO3P. The van der Waals surface area contributed by atoms with Crippen LogP contribution in [0.5, 0.6) is 0 Å². The Morgan fingerprint density at radius 3 is 1.93 bits per heavy atom. The first-order chi connectivity index (χ1) is 6.51. The molecular weight excluding hydrogens is 201 g/mol. The van der Waals surface area contributed by atoms with E-state index in [-0.39, 0.29) is 5.92 Å². The van der Waals surface area contributed by atoms with Crippen LogP contribution in [0.4, 0.5) is 0 Å². The molecule has 0 aromatic carbocycles. The van der Waals surface area contributed by atoms with E-state index in [9.17, 15) is 4.57 Å². The molecule has 0 aliphatic rings. The van der Waals surface area contributed by atoms with Crippen molar-refractivity contribution in [2.45, 2.75) is 39.9 Å². The monoisotopic (exact) mass is 223 g/mol. The van der Waals surface area contributed by atoms with Gasteiger partial charge < -0.3 is 14.8 Å². The molecule has 2 N–H and O–H groups in total. The molecule has 0 saturated heterocycles. The van der Waals surface area contributed by atoms with Gasteiger partial charge in [-0.2, -0.15) is 0 Å². The van der Waals surface area contributed by atoms with Crippen LogP contribution in [-0.2, 0) is 13.6 Å². The zero-order chi connectivity index (χ0) is 11.2. The van der Waals surface area contributed by atoms with Crippen molar-refractivity contribution in [3.05, 3.63) is 0 Å². The summed E-state index contributed by atoms with van der Waals surface area (Å²) in [7, 11) is -3.11. The number of hydrogen-bond donors (Lipinski definition) is 1. The number of rotatable bonds is 7. The summed E-state index contributed by atoms with van der Waals surface area (Å²) in [6.45, 7) is 8.26. The summed E-state index contributed by atoms with van der Waals surface area (Å²) in [5.74, 6) is -0.383. The average molecular weight is 223 g/mol. The minimum Gasteiger partial charge on any atom is -0.317 e. The predicted molar refractivity (Wildman–Crippen MR) is 58.3 cm³/mol. The molecule has 0 rings (SSSR count). The Labute approximate surface area is 86.7 Å². The molecule has 2 atom stereocenters. The van der Waals surface area contributed by atoms with Crippen LogP contribution in [0.25, 0.3) is 0 Å². The molecule has 0 aromatic heterocycles. The Morgan fingerprint density at radius 2 is 1.64 bits per heavy atom. The summed E-state index contributed by atoms with van der Waals surface area (Å²) in [4.78, 5) is 0. The Hall–Kier alpha value is 0.110. The molecule has 0 bridgehead atoms. The Bertz CT molecular complexity index is 188. The lowest BCUT2D eigenvalue weighted by Gasteiger charge is -2.26. The van der Waals surface area contributed by atoms with Crippen molar-refractivity contribution in [2.75, 3.05) is 13.2 Å². The highest BCUT2D eigenvalue weighted by Crippen LogP contribution is 2.53. The fourth-order valence-corrected chi connectivity index (χ4v) is 3.10. The normalized spacial score (nSPS) is 16.6. The maximum absolute atomic E-state index is 12.1. The van der Waals surface area contributed by atoms with E-state index in [0.717, 1.165) is 6.42 Å². The zero-order valence-corrected chi connectivity index (χ0v) is 10.4. The molecule has 0 amide bonds. The first-order valence-corrected chi connectivity index (χ1v) is 6.77. The maximum Gasteiger partial charge on any atom is 0.347 e. The third-order valence-corrected chi connectivity index (χ3v) is 4.69. The van der Waals surface area contributed by atoms with Crippen LogP contribution in [0, 0.1) is 5.92 Å². The van der Waals surface area contributed by atoms with Gasteiger partial charge in [0.15, 0.2) is 0 Å². The smallest absolute Gasteiger partial charge is 0.317 e. The molecule has 0 radical (unpaired) electrons. The van der Waals surface area contributed by atoms with Crippen LogP contribution in [0.3, 0.4) is 0 Å². The SMILES string of the molecule is CCOP(=O)(OCC)[C@H](N)[C@H](C)CC. The van der Waals surface area contributed by atoms with Crippen LogP contribution >= 0.6 is 7.60 Å². The highest BCUT2D eigenvalue weighted by atomic mass is 31.2. The van der Waals surface area contributed by atoms with Crippen LogP contribution in [0.15, 0.2) is 0 Å². The summed E-state index contributed by atoms with van der Waals surface area (Å²) >= 11 is 0. The molecule has 0 aliphatic carbocycles. The molecule has 0 fully saturated rings. The van der Waals surface area contributed by atoms with E-state index < -0.39 is 13.4 Å². The van der Waals surface area contributed by atoms with Gasteiger partial charge in [0.1, 0.15) is 5.78 Å². The molecule has 86 valence electrons. The lowest BCUT2D eigenvalue weighted by molar-refractivity contribution is 0.204. The van der Waals surface area contributed by atoms with Gasteiger partial charge >= 0.3 is 7.60 Å². The van der Waals surface area contributed by atoms with Crippen molar-refractivity contribution in [1.82, 2.24) is 0 Å². The van der Waals surface area contributed by atoms with Gasteiger partial charge in [-0.3, -0.25) is 4.57 Å². The number of hydrogen-bond acceptors (Lipinski definition) is 4. The van der Waals surface area contributed by atoms with E-state index in [1.807, 2.05) is 13.8 Å². The van der Waals surface area contributed by atoms with Gasteiger partial charge in [-0.25, -0.2) is 0 Å². The second-order valence-electron chi connectivity index (χ2n) is 3.25. The maximum atomic E-state index is 12.1. The minimum absolute atomic E-state index is 0.138. The van der Waals surface area contributed by atoms with Gasteiger partial charge in [-0.15, -0.1) is 0 Å². The van der Waals surface area contributed by atoms with Gasteiger partial charge in [-0.1, -0.05) is 20.3 Å². The highest BCUT2D eigenvalue weighted by molar-refractivity contribution is 7.54. The van der Waals surface area contributed by atoms with Crippen molar-refractivity contribution in [3.8, 4) is 0 Å². The van der Waals surface area contributed by atoms with Crippen molar-refractivity contribution >= 4 is 7.60 Å². The van der Waals surface area contributed by atoms with Crippen molar-refractivity contribution in [1.29, 1.82) is 0 Å². The summed E-state index contributed by atoms with van der Waals surface area (Å²) in [6.07, 6.45) is 0.866. The van der Waals surface area contributed by atoms with E-state index in [2.05, 4.69) is 0 Å². The molecule has 14 heavy (non-hydrogen) atoms. The lowest BCUT2D eigenvalue weighted by Crippen LogP contribution is -2.29. The van der Waals surface area contributed by atoms with Crippen LogP contribution < -0.4 is 5.73 Å². The zero-order valence-electron chi connectivity index (χ0n) is 9.53. The third kappa shape index (κ3) is 3.70. The molecule has 0 aromatic rings. The Morgan fingerprint density at radius 1 is 1.21 bits per heavy atom. The van der Waals surface area contributed by atoms with Gasteiger partial charge in [0.05, 0.1) is 13.2 Å². The number of nitrogens with two attached hydrogens (primary N) is 1. The Balaban J connectivity index is 4.54. The van der Waals surface area contributed by atoms with E-state index in [4.69, 9.17) is 14.8 Å². The van der Waals surface area contributed by atoms with Crippen molar-refractivity contribution in [3.63, 3.8) is 0 Å². The largest absolute Gasteiger partial charge is 0.347 e. The first kappa shape index (κ1) is 14.1. The topological polar surface area (TPSA) is 61.5 Å². The molecule has 0 saturated carbocycles. The van der Waals surface area contributed by atoms with Crippen molar-refractivity contribution in [2.24, 2.45) is 11.7 Å². The molecule has 0 heterocycles. The third-order valence-electron chi connectivity index (χ3n) is 2.21. The summed E-state index contributed by atoms with van der Waals surface area (Å²) in [6, 6.07) is 0.